The fraction of sp³-hybridized carbons (Fsp3) is 0.174. The Morgan fingerprint density at radius 2 is 1.67 bits per heavy atom. The van der Waals surface area contributed by atoms with Gasteiger partial charge in [0.1, 0.15) is 5.82 Å². The first-order valence-corrected chi connectivity index (χ1v) is 11.3. The molecule has 3 rings (SSSR count). The van der Waals surface area contributed by atoms with Crippen molar-refractivity contribution < 1.29 is 31.9 Å². The molecule has 0 radical (unpaired) electrons. The van der Waals surface area contributed by atoms with Crippen LogP contribution < -0.4 is 4.72 Å². The van der Waals surface area contributed by atoms with Gasteiger partial charge in [-0.2, -0.15) is 0 Å². The number of sulfonamides is 1. The zero-order valence-corrected chi connectivity index (χ0v) is 18.9. The maximum atomic E-state index is 13.1. The van der Waals surface area contributed by atoms with Crippen LogP contribution in [0.25, 0.3) is 0 Å². The highest BCUT2D eigenvalue weighted by molar-refractivity contribution is 7.92. The molecule has 0 spiro atoms. The number of carbonyl (C=O) groups is 3. The summed E-state index contributed by atoms with van der Waals surface area (Å²) >= 11 is 0. The Bertz CT molecular complexity index is 1340. The molecule has 0 aliphatic rings. The smallest absolute Gasteiger partial charge is 0.340 e. The van der Waals surface area contributed by atoms with E-state index in [-0.39, 0.29) is 27.6 Å². The number of ketones is 2. The zero-order valence-electron chi connectivity index (χ0n) is 18.1. The van der Waals surface area contributed by atoms with Gasteiger partial charge in [-0.15, -0.1) is 0 Å². The van der Waals surface area contributed by atoms with Crippen LogP contribution in [0.5, 0.6) is 0 Å². The summed E-state index contributed by atoms with van der Waals surface area (Å²) in [6, 6.07) is 9.90. The van der Waals surface area contributed by atoms with Crippen LogP contribution in [0.4, 0.5) is 10.1 Å². The van der Waals surface area contributed by atoms with Gasteiger partial charge in [-0.25, -0.2) is 17.6 Å². The van der Waals surface area contributed by atoms with Crippen LogP contribution >= 0.6 is 0 Å². The standard InChI is InChI=1S/C23H21FN2O6S/c1-13-21(15(3)27)14(2)25-22(13)20(28)12-32-23(29)18-6-4-5-7-19(18)26-33(30,31)17-10-8-16(24)9-11-17/h4-11,25-26H,12H2,1-3H3. The number of aryl methyl sites for hydroxylation is 1. The molecule has 2 aromatic carbocycles. The van der Waals surface area contributed by atoms with Gasteiger partial charge in [-0.1, -0.05) is 12.1 Å². The van der Waals surface area contributed by atoms with Crippen LogP contribution in [-0.2, 0) is 14.8 Å². The van der Waals surface area contributed by atoms with E-state index >= 15 is 0 Å². The predicted molar refractivity (Wildman–Crippen MR) is 119 cm³/mol. The molecule has 0 saturated heterocycles. The van der Waals surface area contributed by atoms with Gasteiger partial charge >= 0.3 is 5.97 Å². The van der Waals surface area contributed by atoms with E-state index in [0.29, 0.717) is 16.8 Å². The van der Waals surface area contributed by atoms with Crippen molar-refractivity contribution in [3.05, 3.63) is 82.4 Å². The Morgan fingerprint density at radius 3 is 2.27 bits per heavy atom. The molecule has 0 aliphatic heterocycles. The normalized spacial score (nSPS) is 11.2. The van der Waals surface area contributed by atoms with Crippen molar-refractivity contribution >= 4 is 33.2 Å². The number of H-pyrrole nitrogens is 1. The van der Waals surface area contributed by atoms with Gasteiger partial charge in [0, 0.05) is 11.3 Å². The minimum absolute atomic E-state index is 0.0648. The average molecular weight is 472 g/mol. The molecule has 2 N–H and O–H groups in total. The topological polar surface area (TPSA) is 122 Å². The summed E-state index contributed by atoms with van der Waals surface area (Å²) in [6.45, 7) is 4.06. The van der Waals surface area contributed by atoms with Gasteiger partial charge in [0.25, 0.3) is 10.0 Å². The molecule has 0 fully saturated rings. The van der Waals surface area contributed by atoms with Crippen LogP contribution in [-0.4, -0.2) is 37.5 Å². The molecule has 0 aliphatic carbocycles. The molecule has 0 saturated carbocycles. The van der Waals surface area contributed by atoms with Crippen molar-refractivity contribution in [2.75, 3.05) is 11.3 Å². The number of ether oxygens (including phenoxy) is 1. The molecule has 0 bridgehead atoms. The Morgan fingerprint density at radius 1 is 1.03 bits per heavy atom. The van der Waals surface area contributed by atoms with Crippen LogP contribution in [0.15, 0.2) is 53.4 Å². The summed E-state index contributed by atoms with van der Waals surface area (Å²) in [5.41, 5.74) is 1.40. The number of para-hydroxylation sites is 1. The number of Topliss-reactive ketones (excluding diaryl/α,β-unsaturated/α-hetero) is 2. The number of hydrogen-bond donors (Lipinski definition) is 2. The summed E-state index contributed by atoms with van der Waals surface area (Å²) in [5, 5.41) is 0. The molecule has 10 heteroatoms. The second-order valence-electron chi connectivity index (χ2n) is 7.29. The van der Waals surface area contributed by atoms with Crippen molar-refractivity contribution in [3.8, 4) is 0 Å². The van der Waals surface area contributed by atoms with E-state index in [1.807, 2.05) is 0 Å². The van der Waals surface area contributed by atoms with Gasteiger partial charge in [-0.3, -0.25) is 14.3 Å². The summed E-state index contributed by atoms with van der Waals surface area (Å²) < 4.78 is 45.7. The third-order valence-electron chi connectivity index (χ3n) is 4.92. The fourth-order valence-electron chi connectivity index (χ4n) is 3.41. The lowest BCUT2D eigenvalue weighted by Crippen LogP contribution is -2.19. The monoisotopic (exact) mass is 472 g/mol. The zero-order chi connectivity index (χ0) is 24.3. The molecule has 1 aromatic heterocycles. The molecule has 0 atom stereocenters. The van der Waals surface area contributed by atoms with E-state index in [4.69, 9.17) is 4.74 Å². The van der Waals surface area contributed by atoms with Gasteiger partial charge in [0.15, 0.2) is 12.4 Å². The molecular weight excluding hydrogens is 451 g/mol. The van der Waals surface area contributed by atoms with Crippen LogP contribution in [0.2, 0.25) is 0 Å². The molecule has 172 valence electrons. The summed E-state index contributed by atoms with van der Waals surface area (Å²) in [5.74, 6) is -2.25. The number of carbonyl (C=O) groups excluding carboxylic acids is 3. The average Bonchev–Trinajstić information content (AvgIpc) is 3.06. The number of aromatic nitrogens is 1. The summed E-state index contributed by atoms with van der Waals surface area (Å²) in [6.07, 6.45) is 0. The van der Waals surface area contributed by atoms with E-state index in [9.17, 15) is 27.2 Å². The molecule has 0 unspecified atom stereocenters. The summed E-state index contributed by atoms with van der Waals surface area (Å²) in [4.78, 5) is 39.6. The second-order valence-corrected chi connectivity index (χ2v) is 8.97. The largest absolute Gasteiger partial charge is 0.454 e. The van der Waals surface area contributed by atoms with Crippen molar-refractivity contribution in [2.24, 2.45) is 0 Å². The lowest BCUT2D eigenvalue weighted by molar-refractivity contribution is 0.0474. The molecule has 33 heavy (non-hydrogen) atoms. The van der Waals surface area contributed by atoms with Crippen molar-refractivity contribution in [1.29, 1.82) is 0 Å². The number of esters is 1. The first-order chi connectivity index (χ1) is 15.5. The Kier molecular flexibility index (Phi) is 6.78. The minimum atomic E-state index is -4.10. The van der Waals surface area contributed by atoms with Gasteiger partial charge in [0.05, 0.1) is 21.8 Å². The van der Waals surface area contributed by atoms with E-state index < -0.39 is 34.2 Å². The second kappa shape index (κ2) is 9.37. The molecular formula is C23H21FN2O6S. The van der Waals surface area contributed by atoms with Crippen LogP contribution in [0, 0.1) is 19.7 Å². The Labute approximate surface area is 189 Å². The van der Waals surface area contributed by atoms with Crippen molar-refractivity contribution in [3.63, 3.8) is 0 Å². The highest BCUT2D eigenvalue weighted by atomic mass is 32.2. The summed E-state index contributed by atoms with van der Waals surface area (Å²) in [7, 11) is -4.10. The predicted octanol–water partition coefficient (Wildman–Crippen LogP) is 3.81. The first kappa shape index (κ1) is 23.9. The lowest BCUT2D eigenvalue weighted by Gasteiger charge is -2.12. The van der Waals surface area contributed by atoms with E-state index in [2.05, 4.69) is 9.71 Å². The number of aromatic amines is 1. The highest BCUT2D eigenvalue weighted by Crippen LogP contribution is 2.22. The van der Waals surface area contributed by atoms with E-state index in [1.165, 1.54) is 31.2 Å². The number of anilines is 1. The maximum absolute atomic E-state index is 13.1. The molecule has 3 aromatic rings. The maximum Gasteiger partial charge on any atom is 0.340 e. The van der Waals surface area contributed by atoms with E-state index in [0.717, 1.165) is 24.3 Å². The van der Waals surface area contributed by atoms with Crippen LogP contribution in [0.3, 0.4) is 0 Å². The number of rotatable bonds is 8. The van der Waals surface area contributed by atoms with Gasteiger partial charge < -0.3 is 9.72 Å². The lowest BCUT2D eigenvalue weighted by atomic mass is 10.1. The minimum Gasteiger partial charge on any atom is -0.454 e. The molecule has 1 heterocycles. The quantitative estimate of drug-likeness (QED) is 0.380. The van der Waals surface area contributed by atoms with Gasteiger partial charge in [-0.05, 0) is 62.7 Å². The van der Waals surface area contributed by atoms with Crippen molar-refractivity contribution in [2.45, 2.75) is 25.7 Å². The SMILES string of the molecule is CC(=O)c1c(C)[nH]c(C(=O)COC(=O)c2ccccc2NS(=O)(=O)c2ccc(F)cc2)c1C. The van der Waals surface area contributed by atoms with Crippen LogP contribution in [0.1, 0.15) is 49.4 Å². The Balaban J connectivity index is 1.77. The number of hydrogen-bond acceptors (Lipinski definition) is 6. The fourth-order valence-corrected chi connectivity index (χ4v) is 4.49. The highest BCUT2D eigenvalue weighted by Gasteiger charge is 2.23. The first-order valence-electron chi connectivity index (χ1n) is 9.79. The number of nitrogens with one attached hydrogen (secondary N) is 2. The molecule has 0 amide bonds. The van der Waals surface area contributed by atoms with Gasteiger partial charge in [0.2, 0.25) is 5.78 Å². The number of halogens is 1. The third-order valence-corrected chi connectivity index (χ3v) is 6.30. The van der Waals surface area contributed by atoms with Crippen molar-refractivity contribution in [1.82, 2.24) is 4.98 Å². The Hall–Kier alpha value is -3.79. The molecule has 8 nitrogen and oxygen atoms in total. The third kappa shape index (κ3) is 5.17. The van der Waals surface area contributed by atoms with E-state index in [1.54, 1.807) is 13.8 Å². The number of benzene rings is 2.